The summed E-state index contributed by atoms with van der Waals surface area (Å²) in [5.41, 5.74) is 0. The largest absolute Gasteiger partial charge is 0.377 e. The number of rotatable bonds is 11. The van der Waals surface area contributed by atoms with Crippen molar-refractivity contribution >= 4 is 0 Å². The molecule has 0 aromatic carbocycles. The van der Waals surface area contributed by atoms with E-state index in [4.69, 9.17) is 4.74 Å². The van der Waals surface area contributed by atoms with E-state index in [-0.39, 0.29) is 0 Å². The lowest BCUT2D eigenvalue weighted by molar-refractivity contribution is 0.0640. The Labute approximate surface area is 107 Å². The maximum Gasteiger partial charge on any atom is 0.0596 e. The monoisotopic (exact) mass is 245 g/mol. The standard InChI is InChI=1S/C13H31N3O/c1-13(2)17-12-11-16(5)10-8-14-7-6-9-15(3)4/h13-14H,6-12H2,1-5H3. The fourth-order valence-electron chi connectivity index (χ4n) is 1.47. The smallest absolute Gasteiger partial charge is 0.0596 e. The van der Waals surface area contributed by atoms with E-state index in [1.807, 2.05) is 0 Å². The van der Waals surface area contributed by atoms with Crippen molar-refractivity contribution in [2.45, 2.75) is 26.4 Å². The quantitative estimate of drug-likeness (QED) is 0.547. The highest BCUT2D eigenvalue weighted by atomic mass is 16.5. The van der Waals surface area contributed by atoms with Gasteiger partial charge in [-0.05, 0) is 54.5 Å². The molecule has 0 unspecified atom stereocenters. The number of hydrogen-bond acceptors (Lipinski definition) is 4. The Hall–Kier alpha value is -0.160. The first-order valence-corrected chi connectivity index (χ1v) is 6.68. The lowest BCUT2D eigenvalue weighted by atomic mass is 10.4. The Kier molecular flexibility index (Phi) is 10.9. The molecule has 1 N–H and O–H groups in total. The van der Waals surface area contributed by atoms with E-state index in [1.165, 1.54) is 6.42 Å². The average Bonchev–Trinajstić information content (AvgIpc) is 2.22. The van der Waals surface area contributed by atoms with E-state index in [1.54, 1.807) is 0 Å². The summed E-state index contributed by atoms with van der Waals surface area (Å²) in [6.07, 6.45) is 1.56. The fourth-order valence-corrected chi connectivity index (χ4v) is 1.47. The first-order valence-electron chi connectivity index (χ1n) is 6.68. The summed E-state index contributed by atoms with van der Waals surface area (Å²) >= 11 is 0. The summed E-state index contributed by atoms with van der Waals surface area (Å²) in [6, 6.07) is 0. The Morgan fingerprint density at radius 1 is 1.00 bits per heavy atom. The summed E-state index contributed by atoms with van der Waals surface area (Å²) in [5.74, 6) is 0. The van der Waals surface area contributed by atoms with Gasteiger partial charge in [-0.1, -0.05) is 0 Å². The summed E-state index contributed by atoms with van der Waals surface area (Å²) < 4.78 is 5.52. The molecule has 104 valence electrons. The molecule has 0 rings (SSSR count). The number of hydrogen-bond donors (Lipinski definition) is 1. The highest BCUT2D eigenvalue weighted by molar-refractivity contribution is 4.56. The van der Waals surface area contributed by atoms with Gasteiger partial charge in [-0.2, -0.15) is 0 Å². The van der Waals surface area contributed by atoms with Gasteiger partial charge in [-0.25, -0.2) is 0 Å². The van der Waals surface area contributed by atoms with Crippen LogP contribution in [0.5, 0.6) is 0 Å². The molecule has 0 aromatic heterocycles. The van der Waals surface area contributed by atoms with Gasteiger partial charge in [0.15, 0.2) is 0 Å². The SMILES string of the molecule is CC(C)OCCN(C)CCNCCCN(C)C. The van der Waals surface area contributed by atoms with E-state index >= 15 is 0 Å². The molecule has 0 saturated carbocycles. The Morgan fingerprint density at radius 2 is 1.71 bits per heavy atom. The summed E-state index contributed by atoms with van der Waals surface area (Å²) in [6.45, 7) is 10.4. The van der Waals surface area contributed by atoms with Crippen molar-refractivity contribution in [1.82, 2.24) is 15.1 Å². The maximum absolute atomic E-state index is 5.52. The van der Waals surface area contributed by atoms with Crippen LogP contribution in [0.25, 0.3) is 0 Å². The fraction of sp³-hybridized carbons (Fsp3) is 1.00. The molecule has 0 aromatic rings. The minimum absolute atomic E-state index is 0.340. The minimum Gasteiger partial charge on any atom is -0.377 e. The minimum atomic E-state index is 0.340. The van der Waals surface area contributed by atoms with Crippen LogP contribution in [0.2, 0.25) is 0 Å². The molecule has 0 aliphatic carbocycles. The topological polar surface area (TPSA) is 27.7 Å². The predicted molar refractivity (Wildman–Crippen MR) is 74.6 cm³/mol. The normalized spacial score (nSPS) is 12.0. The molecule has 4 heteroatoms. The summed E-state index contributed by atoms with van der Waals surface area (Å²) in [7, 11) is 6.37. The average molecular weight is 245 g/mol. The van der Waals surface area contributed by atoms with Gasteiger partial charge < -0.3 is 19.9 Å². The number of ether oxygens (including phenoxy) is 1. The molecular formula is C13H31N3O. The third-order valence-corrected chi connectivity index (χ3v) is 2.55. The Bertz CT molecular complexity index is 163. The van der Waals surface area contributed by atoms with E-state index in [2.05, 4.69) is 50.1 Å². The van der Waals surface area contributed by atoms with Gasteiger partial charge in [0.25, 0.3) is 0 Å². The molecule has 0 aliphatic rings. The molecule has 4 nitrogen and oxygen atoms in total. The van der Waals surface area contributed by atoms with Crippen molar-refractivity contribution in [3.05, 3.63) is 0 Å². The van der Waals surface area contributed by atoms with Crippen molar-refractivity contribution in [2.75, 3.05) is 60.5 Å². The number of likely N-dealkylation sites (N-methyl/N-ethyl adjacent to an activating group) is 1. The molecule has 0 saturated heterocycles. The first kappa shape index (κ1) is 16.8. The second-order valence-corrected chi connectivity index (χ2v) is 5.13. The zero-order valence-corrected chi connectivity index (χ0v) is 12.3. The van der Waals surface area contributed by atoms with Crippen LogP contribution in [-0.4, -0.2) is 76.4 Å². The predicted octanol–water partition coefficient (Wildman–Crippen LogP) is 0.885. The highest BCUT2D eigenvalue weighted by Crippen LogP contribution is 1.89. The molecule has 0 amide bonds. The molecule has 0 bridgehead atoms. The summed E-state index contributed by atoms with van der Waals surface area (Å²) in [5, 5.41) is 3.46. The van der Waals surface area contributed by atoms with Crippen LogP contribution >= 0.6 is 0 Å². The van der Waals surface area contributed by atoms with E-state index in [0.29, 0.717) is 6.10 Å². The van der Waals surface area contributed by atoms with Crippen LogP contribution in [0.3, 0.4) is 0 Å². The molecule has 0 aliphatic heterocycles. The molecule has 0 radical (unpaired) electrons. The zero-order chi connectivity index (χ0) is 13.1. The molecule has 17 heavy (non-hydrogen) atoms. The van der Waals surface area contributed by atoms with Crippen molar-refractivity contribution in [3.63, 3.8) is 0 Å². The van der Waals surface area contributed by atoms with Crippen molar-refractivity contribution in [1.29, 1.82) is 0 Å². The molecular weight excluding hydrogens is 214 g/mol. The summed E-state index contributed by atoms with van der Waals surface area (Å²) in [4.78, 5) is 4.53. The van der Waals surface area contributed by atoms with Crippen LogP contribution in [-0.2, 0) is 4.74 Å². The Morgan fingerprint density at radius 3 is 2.29 bits per heavy atom. The first-order chi connectivity index (χ1) is 8.02. The van der Waals surface area contributed by atoms with Crippen LogP contribution in [0.1, 0.15) is 20.3 Å². The molecule has 0 heterocycles. The number of nitrogens with one attached hydrogen (secondary N) is 1. The van der Waals surface area contributed by atoms with Gasteiger partial charge in [-0.15, -0.1) is 0 Å². The maximum atomic E-state index is 5.52. The lowest BCUT2D eigenvalue weighted by Gasteiger charge is -2.18. The van der Waals surface area contributed by atoms with Crippen molar-refractivity contribution in [3.8, 4) is 0 Å². The van der Waals surface area contributed by atoms with Crippen LogP contribution in [0.15, 0.2) is 0 Å². The molecule has 0 atom stereocenters. The van der Waals surface area contributed by atoms with Gasteiger partial charge in [0, 0.05) is 19.6 Å². The van der Waals surface area contributed by atoms with Crippen LogP contribution < -0.4 is 5.32 Å². The second kappa shape index (κ2) is 11.0. The third-order valence-electron chi connectivity index (χ3n) is 2.55. The zero-order valence-electron chi connectivity index (χ0n) is 12.3. The third kappa shape index (κ3) is 13.8. The molecule has 0 fully saturated rings. The lowest BCUT2D eigenvalue weighted by Crippen LogP contribution is -2.33. The van der Waals surface area contributed by atoms with Crippen LogP contribution in [0, 0.1) is 0 Å². The van der Waals surface area contributed by atoms with Crippen molar-refractivity contribution < 1.29 is 4.74 Å². The van der Waals surface area contributed by atoms with E-state index in [0.717, 1.165) is 39.3 Å². The Balaban J connectivity index is 3.19. The van der Waals surface area contributed by atoms with Gasteiger partial charge in [0.05, 0.1) is 12.7 Å². The van der Waals surface area contributed by atoms with E-state index < -0.39 is 0 Å². The van der Waals surface area contributed by atoms with E-state index in [9.17, 15) is 0 Å². The van der Waals surface area contributed by atoms with Crippen LogP contribution in [0.4, 0.5) is 0 Å². The van der Waals surface area contributed by atoms with Crippen molar-refractivity contribution in [2.24, 2.45) is 0 Å². The van der Waals surface area contributed by atoms with Gasteiger partial charge in [0.2, 0.25) is 0 Å². The number of nitrogens with zero attached hydrogens (tertiary/aromatic N) is 2. The highest BCUT2D eigenvalue weighted by Gasteiger charge is 1.99. The molecule has 0 spiro atoms. The van der Waals surface area contributed by atoms with Gasteiger partial charge in [0.1, 0.15) is 0 Å². The van der Waals surface area contributed by atoms with Gasteiger partial charge in [-0.3, -0.25) is 0 Å². The second-order valence-electron chi connectivity index (χ2n) is 5.13. The van der Waals surface area contributed by atoms with Gasteiger partial charge >= 0.3 is 0 Å².